The van der Waals surface area contributed by atoms with Crippen molar-refractivity contribution in [1.82, 2.24) is 4.98 Å². The summed E-state index contributed by atoms with van der Waals surface area (Å²) in [6.07, 6.45) is 3.23. The van der Waals surface area contributed by atoms with Crippen LogP contribution in [-0.2, 0) is 4.79 Å². The minimum absolute atomic E-state index is 0.0489. The molecule has 3 rings (SSSR count). The van der Waals surface area contributed by atoms with Crippen LogP contribution >= 0.6 is 0 Å². The minimum atomic E-state index is -0.485. The molecule has 0 saturated heterocycles. The molecule has 0 atom stereocenters. The Labute approximate surface area is 113 Å². The molecule has 1 aromatic carbocycles. The van der Waals surface area contributed by atoms with Crippen LogP contribution in [0.3, 0.4) is 0 Å². The van der Waals surface area contributed by atoms with Crippen LogP contribution in [0.25, 0.3) is 11.6 Å². The number of aromatic nitrogens is 1. The molecule has 0 aliphatic carbocycles. The van der Waals surface area contributed by atoms with E-state index < -0.39 is 4.92 Å². The number of pyridine rings is 1. The van der Waals surface area contributed by atoms with Crippen molar-refractivity contribution in [2.24, 2.45) is 0 Å². The lowest BCUT2D eigenvalue weighted by atomic mass is 10.1. The topological polar surface area (TPSA) is 85.1 Å². The second-order valence-corrected chi connectivity index (χ2v) is 4.25. The molecular formula is C14H9N3O3. The van der Waals surface area contributed by atoms with E-state index in [1.54, 1.807) is 30.5 Å². The SMILES string of the molecule is O=C1Nc2ccc([N+](=O)[O-])cc2/C1=C\c1ccccn1. The van der Waals surface area contributed by atoms with E-state index >= 15 is 0 Å². The minimum Gasteiger partial charge on any atom is -0.321 e. The number of benzene rings is 1. The lowest BCUT2D eigenvalue weighted by molar-refractivity contribution is -0.384. The largest absolute Gasteiger partial charge is 0.321 e. The van der Waals surface area contributed by atoms with Gasteiger partial charge in [-0.05, 0) is 24.3 Å². The van der Waals surface area contributed by atoms with E-state index in [4.69, 9.17) is 0 Å². The maximum atomic E-state index is 11.9. The fourth-order valence-electron chi connectivity index (χ4n) is 2.04. The Balaban J connectivity index is 2.11. The molecule has 0 radical (unpaired) electrons. The summed E-state index contributed by atoms with van der Waals surface area (Å²) in [4.78, 5) is 26.4. The number of rotatable bonds is 2. The molecule has 1 amide bonds. The van der Waals surface area contributed by atoms with Gasteiger partial charge >= 0.3 is 0 Å². The number of non-ortho nitro benzene ring substituents is 1. The van der Waals surface area contributed by atoms with Gasteiger partial charge in [-0.15, -0.1) is 0 Å². The number of amides is 1. The van der Waals surface area contributed by atoms with Gasteiger partial charge in [0, 0.05) is 29.6 Å². The van der Waals surface area contributed by atoms with Crippen LogP contribution in [0.5, 0.6) is 0 Å². The number of nitrogens with one attached hydrogen (secondary N) is 1. The number of anilines is 1. The van der Waals surface area contributed by atoms with Crippen LogP contribution < -0.4 is 5.32 Å². The fourth-order valence-corrected chi connectivity index (χ4v) is 2.04. The van der Waals surface area contributed by atoms with Crippen molar-refractivity contribution in [3.05, 3.63) is 64.0 Å². The lowest BCUT2D eigenvalue weighted by Crippen LogP contribution is -2.03. The van der Waals surface area contributed by atoms with E-state index in [1.165, 1.54) is 18.2 Å². The van der Waals surface area contributed by atoms with Crippen molar-refractivity contribution in [1.29, 1.82) is 0 Å². The summed E-state index contributed by atoms with van der Waals surface area (Å²) >= 11 is 0. The summed E-state index contributed by atoms with van der Waals surface area (Å²) < 4.78 is 0. The maximum absolute atomic E-state index is 11.9. The molecular weight excluding hydrogens is 258 g/mol. The van der Waals surface area contributed by atoms with E-state index in [0.717, 1.165) is 0 Å². The summed E-state index contributed by atoms with van der Waals surface area (Å²) in [6.45, 7) is 0. The third kappa shape index (κ3) is 2.03. The molecule has 1 aliphatic rings. The molecule has 0 bridgehead atoms. The second-order valence-electron chi connectivity index (χ2n) is 4.25. The Morgan fingerprint density at radius 2 is 2.10 bits per heavy atom. The number of hydrogen-bond donors (Lipinski definition) is 1. The first-order chi connectivity index (χ1) is 9.65. The summed E-state index contributed by atoms with van der Waals surface area (Å²) in [5.41, 5.74) is 2.05. The highest BCUT2D eigenvalue weighted by Crippen LogP contribution is 2.35. The quantitative estimate of drug-likeness (QED) is 0.514. The summed E-state index contributed by atoms with van der Waals surface area (Å²) in [5, 5.41) is 13.5. The van der Waals surface area contributed by atoms with Crippen molar-refractivity contribution < 1.29 is 9.72 Å². The van der Waals surface area contributed by atoms with Crippen LogP contribution in [0.4, 0.5) is 11.4 Å². The van der Waals surface area contributed by atoms with Gasteiger partial charge in [-0.3, -0.25) is 19.9 Å². The number of carbonyl (C=O) groups is 1. The van der Waals surface area contributed by atoms with Gasteiger partial charge in [0.05, 0.1) is 16.2 Å². The van der Waals surface area contributed by atoms with Gasteiger partial charge in [0.25, 0.3) is 11.6 Å². The standard InChI is InChI=1S/C14H9N3O3/c18-14-12(7-9-3-1-2-6-15-9)11-8-10(17(19)20)4-5-13(11)16-14/h1-8H,(H,16,18)/b12-7+. The third-order valence-electron chi connectivity index (χ3n) is 2.98. The van der Waals surface area contributed by atoms with Crippen molar-refractivity contribution in [2.75, 3.05) is 5.32 Å². The van der Waals surface area contributed by atoms with E-state index in [-0.39, 0.29) is 11.6 Å². The number of nitro groups is 1. The predicted molar refractivity (Wildman–Crippen MR) is 73.8 cm³/mol. The van der Waals surface area contributed by atoms with Crippen LogP contribution in [0, 0.1) is 10.1 Å². The zero-order valence-corrected chi connectivity index (χ0v) is 10.2. The first kappa shape index (κ1) is 12.0. The number of fused-ring (bicyclic) bond motifs is 1. The zero-order valence-electron chi connectivity index (χ0n) is 10.2. The summed E-state index contributed by atoms with van der Waals surface area (Å²) in [5.74, 6) is -0.286. The maximum Gasteiger partial charge on any atom is 0.270 e. The molecule has 0 unspecified atom stereocenters. The number of hydrogen-bond acceptors (Lipinski definition) is 4. The van der Waals surface area contributed by atoms with Gasteiger partial charge in [0.15, 0.2) is 0 Å². The summed E-state index contributed by atoms with van der Waals surface area (Å²) in [6, 6.07) is 9.63. The van der Waals surface area contributed by atoms with Gasteiger partial charge in [-0.2, -0.15) is 0 Å². The van der Waals surface area contributed by atoms with Crippen molar-refractivity contribution in [2.45, 2.75) is 0 Å². The highest BCUT2D eigenvalue weighted by atomic mass is 16.6. The van der Waals surface area contributed by atoms with Gasteiger partial charge in [0.1, 0.15) is 0 Å². The van der Waals surface area contributed by atoms with Gasteiger partial charge in [0.2, 0.25) is 0 Å². The first-order valence-electron chi connectivity index (χ1n) is 5.88. The number of carbonyl (C=O) groups excluding carboxylic acids is 1. The molecule has 98 valence electrons. The van der Waals surface area contributed by atoms with E-state index in [1.807, 2.05) is 0 Å². The average molecular weight is 267 g/mol. The monoisotopic (exact) mass is 267 g/mol. The van der Waals surface area contributed by atoms with E-state index in [0.29, 0.717) is 22.5 Å². The Hall–Kier alpha value is -3.02. The normalized spacial score (nSPS) is 15.0. The van der Waals surface area contributed by atoms with Crippen LogP contribution in [-0.4, -0.2) is 15.8 Å². The van der Waals surface area contributed by atoms with E-state index in [9.17, 15) is 14.9 Å². The molecule has 0 spiro atoms. The Kier molecular flexibility index (Phi) is 2.76. The van der Waals surface area contributed by atoms with Crippen LogP contribution in [0.1, 0.15) is 11.3 Å². The molecule has 6 nitrogen and oxygen atoms in total. The van der Waals surface area contributed by atoms with Crippen molar-refractivity contribution >= 4 is 28.9 Å². The van der Waals surface area contributed by atoms with Crippen molar-refractivity contribution in [3.63, 3.8) is 0 Å². The summed E-state index contributed by atoms with van der Waals surface area (Å²) in [7, 11) is 0. The fraction of sp³-hybridized carbons (Fsp3) is 0. The molecule has 1 aromatic heterocycles. The smallest absolute Gasteiger partial charge is 0.270 e. The second kappa shape index (κ2) is 4.58. The molecule has 6 heteroatoms. The third-order valence-corrected chi connectivity index (χ3v) is 2.98. The van der Waals surface area contributed by atoms with Crippen molar-refractivity contribution in [3.8, 4) is 0 Å². The molecule has 0 fully saturated rings. The molecule has 1 aliphatic heterocycles. The van der Waals surface area contributed by atoms with Crippen LogP contribution in [0.15, 0.2) is 42.6 Å². The van der Waals surface area contributed by atoms with E-state index in [2.05, 4.69) is 10.3 Å². The first-order valence-corrected chi connectivity index (χ1v) is 5.88. The predicted octanol–water partition coefficient (Wildman–Crippen LogP) is 2.48. The zero-order chi connectivity index (χ0) is 14.1. The number of nitrogens with zero attached hydrogens (tertiary/aromatic N) is 2. The van der Waals surface area contributed by atoms with Gasteiger partial charge in [-0.25, -0.2) is 0 Å². The highest BCUT2D eigenvalue weighted by Gasteiger charge is 2.26. The Morgan fingerprint density at radius 1 is 1.25 bits per heavy atom. The molecule has 2 heterocycles. The van der Waals surface area contributed by atoms with Gasteiger partial charge < -0.3 is 5.32 Å². The average Bonchev–Trinajstić information content (AvgIpc) is 2.75. The molecule has 0 saturated carbocycles. The molecule has 20 heavy (non-hydrogen) atoms. The molecule has 2 aromatic rings. The Bertz CT molecular complexity index is 739. The molecule has 1 N–H and O–H groups in total. The van der Waals surface area contributed by atoms with Crippen LogP contribution in [0.2, 0.25) is 0 Å². The Morgan fingerprint density at radius 3 is 2.80 bits per heavy atom. The number of nitro benzene ring substituents is 1. The van der Waals surface area contributed by atoms with Gasteiger partial charge in [-0.1, -0.05) is 6.07 Å². The highest BCUT2D eigenvalue weighted by molar-refractivity contribution is 6.34. The lowest BCUT2D eigenvalue weighted by Gasteiger charge is -1.98.